The molecule has 3 rings (SSSR count). The molecular formula is C17H16IN3O2. The quantitative estimate of drug-likeness (QED) is 0.301. The van der Waals surface area contributed by atoms with Crippen LogP contribution in [0.15, 0.2) is 65.7 Å². The Morgan fingerprint density at radius 1 is 1.04 bits per heavy atom. The maximum Gasteiger partial charge on any atom is 0.420 e. The highest BCUT2D eigenvalue weighted by Crippen LogP contribution is 2.12. The van der Waals surface area contributed by atoms with Crippen LogP contribution in [0.4, 0.5) is 0 Å². The fourth-order valence-electron chi connectivity index (χ4n) is 2.58. The maximum atomic E-state index is 12.7. The van der Waals surface area contributed by atoms with Crippen molar-refractivity contribution in [2.75, 3.05) is 0 Å². The summed E-state index contributed by atoms with van der Waals surface area (Å²) in [6.07, 6.45) is 4.38. The summed E-state index contributed by atoms with van der Waals surface area (Å²) in [5, 5.41) is 0. The summed E-state index contributed by atoms with van der Waals surface area (Å²) in [5.74, 6) is 0.576. The molecule has 0 radical (unpaired) electrons. The summed E-state index contributed by atoms with van der Waals surface area (Å²) in [6.45, 7) is 2.37. The van der Waals surface area contributed by atoms with Gasteiger partial charge in [-0.25, -0.2) is 13.9 Å². The van der Waals surface area contributed by atoms with Crippen LogP contribution in [0.5, 0.6) is 0 Å². The number of imidazole rings is 1. The van der Waals surface area contributed by atoms with Gasteiger partial charge in [0.1, 0.15) is 0 Å². The van der Waals surface area contributed by atoms with E-state index in [1.807, 2.05) is 67.8 Å². The number of aldehydes is 1. The first-order valence-corrected chi connectivity index (χ1v) is 7.10. The Morgan fingerprint density at radius 3 is 2.22 bits per heavy atom. The number of aromatic nitrogens is 3. The number of carbonyl (C=O) groups excluding carboxylic acids is 1. The molecule has 0 unspecified atom stereocenters. The van der Waals surface area contributed by atoms with Gasteiger partial charge in [0.05, 0.1) is 24.6 Å². The summed E-state index contributed by atoms with van der Waals surface area (Å²) in [6, 6.07) is 14.8. The van der Waals surface area contributed by atoms with Crippen molar-refractivity contribution in [3.63, 3.8) is 0 Å². The molecule has 0 spiro atoms. The summed E-state index contributed by atoms with van der Waals surface area (Å²) in [5.41, 5.74) is 0.802. The lowest BCUT2D eigenvalue weighted by Gasteiger charge is -2.01. The fourth-order valence-corrected chi connectivity index (χ4v) is 2.58. The van der Waals surface area contributed by atoms with Gasteiger partial charge in [0.25, 0.3) is 0 Å². The molecule has 6 heteroatoms. The summed E-state index contributed by atoms with van der Waals surface area (Å²) < 4.78 is 4.83. The van der Waals surface area contributed by atoms with Crippen LogP contribution in [0.3, 0.4) is 0 Å². The number of pyridine rings is 1. The molecule has 0 saturated heterocycles. The maximum absolute atomic E-state index is 12.7. The molecule has 3 aromatic rings. The number of para-hydroxylation sites is 1. The Balaban J connectivity index is 0.00000192. The molecule has 0 bridgehead atoms. The summed E-state index contributed by atoms with van der Waals surface area (Å²) >= 11 is 0. The van der Waals surface area contributed by atoms with E-state index in [0.29, 0.717) is 23.7 Å². The van der Waals surface area contributed by atoms with E-state index in [1.165, 1.54) is 4.57 Å². The van der Waals surface area contributed by atoms with E-state index in [-0.39, 0.29) is 29.7 Å². The van der Waals surface area contributed by atoms with Crippen molar-refractivity contribution in [3.05, 3.63) is 77.1 Å². The predicted molar refractivity (Wildman–Crippen MR) is 82.6 cm³/mol. The van der Waals surface area contributed by atoms with E-state index in [1.54, 1.807) is 9.13 Å². The van der Waals surface area contributed by atoms with Gasteiger partial charge in [0, 0.05) is 0 Å². The second-order valence-corrected chi connectivity index (χ2v) is 4.81. The van der Waals surface area contributed by atoms with Crippen molar-refractivity contribution in [1.82, 2.24) is 9.13 Å². The highest BCUT2D eigenvalue weighted by Gasteiger charge is 2.28. The van der Waals surface area contributed by atoms with Gasteiger partial charge in [-0.05, 0) is 31.2 Å². The molecule has 0 amide bonds. The molecular weight excluding hydrogens is 405 g/mol. The number of hydrogen-bond acceptors (Lipinski definition) is 2. The predicted octanol–water partition coefficient (Wildman–Crippen LogP) is -1.25. The van der Waals surface area contributed by atoms with Crippen molar-refractivity contribution in [1.29, 1.82) is 0 Å². The summed E-state index contributed by atoms with van der Waals surface area (Å²) in [7, 11) is 0. The second-order valence-electron chi connectivity index (χ2n) is 4.81. The third kappa shape index (κ3) is 2.98. The van der Waals surface area contributed by atoms with Crippen LogP contribution in [0.1, 0.15) is 17.4 Å². The van der Waals surface area contributed by atoms with E-state index < -0.39 is 0 Å². The van der Waals surface area contributed by atoms with Crippen LogP contribution in [-0.4, -0.2) is 15.4 Å². The minimum absolute atomic E-state index is 0. The molecule has 0 aliphatic heterocycles. The molecule has 23 heavy (non-hydrogen) atoms. The van der Waals surface area contributed by atoms with Gasteiger partial charge in [-0.3, -0.25) is 4.79 Å². The van der Waals surface area contributed by atoms with E-state index >= 15 is 0 Å². The van der Waals surface area contributed by atoms with E-state index in [4.69, 9.17) is 0 Å². The van der Waals surface area contributed by atoms with Crippen molar-refractivity contribution in [2.45, 2.75) is 13.5 Å². The Morgan fingerprint density at radius 2 is 1.65 bits per heavy atom. The number of benzene rings is 1. The van der Waals surface area contributed by atoms with Gasteiger partial charge in [0.15, 0.2) is 12.0 Å². The molecule has 2 heterocycles. The van der Waals surface area contributed by atoms with Gasteiger partial charge in [-0.2, -0.15) is 4.57 Å². The largest absolute Gasteiger partial charge is 1.00 e. The minimum atomic E-state index is -0.220. The normalized spacial score (nSPS) is 10.1. The van der Waals surface area contributed by atoms with E-state index in [0.717, 1.165) is 6.29 Å². The number of carbonyl (C=O) groups is 1. The second kappa shape index (κ2) is 7.36. The Hall–Kier alpha value is -2.22. The topological polar surface area (TPSA) is 47.9 Å². The highest BCUT2D eigenvalue weighted by molar-refractivity contribution is 5.77. The van der Waals surface area contributed by atoms with E-state index in [9.17, 15) is 9.59 Å². The average Bonchev–Trinajstić information content (AvgIpc) is 2.88. The summed E-state index contributed by atoms with van der Waals surface area (Å²) in [4.78, 5) is 24.4. The Bertz CT molecular complexity index is 855. The van der Waals surface area contributed by atoms with Crippen molar-refractivity contribution < 1.29 is 33.3 Å². The van der Waals surface area contributed by atoms with Crippen LogP contribution in [0.25, 0.3) is 11.5 Å². The highest BCUT2D eigenvalue weighted by atomic mass is 127. The number of hydrogen-bond donors (Lipinski definition) is 0. The first-order valence-electron chi connectivity index (χ1n) is 7.10. The molecule has 0 aliphatic carbocycles. The average molecular weight is 421 g/mol. The smallest absolute Gasteiger partial charge is 0.420 e. The third-order valence-electron chi connectivity index (χ3n) is 3.55. The van der Waals surface area contributed by atoms with Crippen molar-refractivity contribution in [3.8, 4) is 11.5 Å². The van der Waals surface area contributed by atoms with Gasteiger partial charge in [-0.15, -0.1) is 0 Å². The van der Waals surface area contributed by atoms with Gasteiger partial charge < -0.3 is 24.0 Å². The van der Waals surface area contributed by atoms with Crippen molar-refractivity contribution >= 4 is 6.29 Å². The molecule has 5 nitrogen and oxygen atoms in total. The standard InChI is InChI=1S/C17H16N3O2.HI/c1-2-19-16(18-11-7-4-8-12-18)15(13-21)20(17(19)22)14-9-5-3-6-10-14;/h3-13H,2H2,1H3;1H/q+1;/p-1. The van der Waals surface area contributed by atoms with Gasteiger partial charge >= 0.3 is 11.5 Å². The van der Waals surface area contributed by atoms with Crippen LogP contribution >= 0.6 is 0 Å². The van der Waals surface area contributed by atoms with Crippen LogP contribution in [0.2, 0.25) is 0 Å². The first-order chi connectivity index (χ1) is 10.8. The molecule has 0 atom stereocenters. The lowest BCUT2D eigenvalue weighted by Crippen LogP contribution is -3.00. The number of halogens is 1. The molecule has 118 valence electrons. The third-order valence-corrected chi connectivity index (χ3v) is 3.55. The van der Waals surface area contributed by atoms with Crippen LogP contribution < -0.4 is 34.2 Å². The zero-order valence-electron chi connectivity index (χ0n) is 12.6. The zero-order chi connectivity index (χ0) is 15.5. The zero-order valence-corrected chi connectivity index (χ0v) is 14.8. The minimum Gasteiger partial charge on any atom is -1.00 e. The van der Waals surface area contributed by atoms with Crippen molar-refractivity contribution in [2.24, 2.45) is 0 Å². The van der Waals surface area contributed by atoms with Gasteiger partial charge in [0.2, 0.25) is 0 Å². The molecule has 0 aliphatic rings. The number of rotatable bonds is 4. The molecule has 0 saturated carbocycles. The van der Waals surface area contributed by atoms with Gasteiger partial charge in [-0.1, -0.05) is 24.3 Å². The molecule has 0 fully saturated rings. The number of nitrogens with zero attached hydrogens (tertiary/aromatic N) is 3. The van der Waals surface area contributed by atoms with E-state index in [2.05, 4.69) is 0 Å². The first kappa shape index (κ1) is 17.1. The molecule has 2 aromatic heterocycles. The van der Waals surface area contributed by atoms with Crippen LogP contribution in [-0.2, 0) is 6.54 Å². The lowest BCUT2D eigenvalue weighted by molar-refractivity contribution is -0.601. The lowest BCUT2D eigenvalue weighted by atomic mass is 10.3. The van der Waals surface area contributed by atoms with Crippen LogP contribution in [0, 0.1) is 0 Å². The molecule has 0 N–H and O–H groups in total. The molecule has 1 aromatic carbocycles. The monoisotopic (exact) mass is 421 g/mol. The fraction of sp³-hybridized carbons (Fsp3) is 0.118. The Kier molecular flexibility index (Phi) is 5.49. The SMILES string of the molecule is CCn1c(-[n+]2ccccc2)c(C=O)n(-c2ccccc2)c1=O.[I-]. The Labute approximate surface area is 150 Å².